The van der Waals surface area contributed by atoms with Crippen LogP contribution in [0, 0.1) is 0 Å². The minimum atomic E-state index is 0.179. The van der Waals surface area contributed by atoms with Gasteiger partial charge in [-0.1, -0.05) is 12.1 Å². The first-order valence-electron chi connectivity index (χ1n) is 8.01. The predicted molar refractivity (Wildman–Crippen MR) is 88.0 cm³/mol. The van der Waals surface area contributed by atoms with E-state index >= 15 is 0 Å². The van der Waals surface area contributed by atoms with Crippen LogP contribution in [-0.2, 0) is 24.9 Å². The predicted octanol–water partition coefficient (Wildman–Crippen LogP) is 1.67. The van der Waals surface area contributed by atoms with E-state index in [2.05, 4.69) is 39.8 Å². The van der Waals surface area contributed by atoms with E-state index < -0.39 is 0 Å². The molecule has 3 aromatic rings. The molecule has 120 valence electrons. The molecule has 23 heavy (non-hydrogen) atoms. The van der Waals surface area contributed by atoms with Gasteiger partial charge in [-0.3, -0.25) is 9.58 Å². The van der Waals surface area contributed by atoms with Crippen LogP contribution in [0.25, 0.3) is 11.0 Å². The molecule has 0 spiro atoms. The van der Waals surface area contributed by atoms with Crippen molar-refractivity contribution in [1.29, 1.82) is 0 Å². The topological polar surface area (TPSA) is 48.1 Å². The summed E-state index contributed by atoms with van der Waals surface area (Å²) in [7, 11) is 2.09. The van der Waals surface area contributed by atoms with E-state index in [1.54, 1.807) is 6.20 Å². The van der Waals surface area contributed by atoms with Crippen molar-refractivity contribution in [2.45, 2.75) is 19.2 Å². The Morgan fingerprint density at radius 3 is 3.00 bits per heavy atom. The fourth-order valence-electron chi connectivity index (χ4n) is 3.19. The highest BCUT2D eigenvalue weighted by Crippen LogP contribution is 2.17. The number of ether oxygens (including phenoxy) is 1. The maximum Gasteiger partial charge on any atom is 0.123 e. The number of hydrogen-bond donors (Lipinski definition) is 0. The molecule has 0 unspecified atom stereocenters. The Morgan fingerprint density at radius 1 is 1.26 bits per heavy atom. The highest BCUT2D eigenvalue weighted by atomic mass is 16.5. The van der Waals surface area contributed by atoms with Gasteiger partial charge in [-0.15, -0.1) is 0 Å². The van der Waals surface area contributed by atoms with Crippen molar-refractivity contribution >= 4 is 11.0 Å². The molecule has 6 nitrogen and oxygen atoms in total. The van der Waals surface area contributed by atoms with Gasteiger partial charge in [0.25, 0.3) is 0 Å². The summed E-state index contributed by atoms with van der Waals surface area (Å²) in [6.07, 6.45) is 3.96. The Hall–Kier alpha value is -2.18. The summed E-state index contributed by atoms with van der Waals surface area (Å²) in [4.78, 5) is 7.19. The summed E-state index contributed by atoms with van der Waals surface area (Å²) in [5, 5.41) is 4.26. The number of morpholine rings is 1. The molecule has 1 saturated heterocycles. The Balaban J connectivity index is 1.46. The third kappa shape index (κ3) is 3.00. The SMILES string of the molecule is Cn1c(CN2CCO[C@H](Cn3cccn3)C2)nc2ccccc21. The lowest BCUT2D eigenvalue weighted by Gasteiger charge is -2.32. The van der Waals surface area contributed by atoms with Crippen molar-refractivity contribution in [3.05, 3.63) is 48.5 Å². The normalized spacial score (nSPS) is 19.4. The number of rotatable bonds is 4. The highest BCUT2D eigenvalue weighted by Gasteiger charge is 2.22. The van der Waals surface area contributed by atoms with E-state index in [1.807, 2.05) is 23.0 Å². The number of fused-ring (bicyclic) bond motifs is 1. The molecule has 1 fully saturated rings. The first kappa shape index (κ1) is 14.4. The summed E-state index contributed by atoms with van der Waals surface area (Å²) in [5.74, 6) is 1.10. The zero-order valence-electron chi connectivity index (χ0n) is 13.3. The maximum absolute atomic E-state index is 5.88. The lowest BCUT2D eigenvalue weighted by Crippen LogP contribution is -2.44. The van der Waals surface area contributed by atoms with Crippen LogP contribution in [0.5, 0.6) is 0 Å². The van der Waals surface area contributed by atoms with Gasteiger partial charge < -0.3 is 9.30 Å². The molecule has 1 atom stereocenters. The summed E-state index contributed by atoms with van der Waals surface area (Å²) >= 11 is 0. The van der Waals surface area contributed by atoms with Crippen LogP contribution in [0.2, 0.25) is 0 Å². The second-order valence-electron chi connectivity index (χ2n) is 6.03. The molecule has 3 heterocycles. The molecule has 4 rings (SSSR count). The van der Waals surface area contributed by atoms with E-state index in [0.29, 0.717) is 0 Å². The van der Waals surface area contributed by atoms with E-state index in [9.17, 15) is 0 Å². The van der Waals surface area contributed by atoms with Crippen LogP contribution >= 0.6 is 0 Å². The summed E-state index contributed by atoms with van der Waals surface area (Å²) in [6.45, 7) is 4.26. The van der Waals surface area contributed by atoms with Crippen molar-refractivity contribution < 1.29 is 4.74 Å². The zero-order valence-corrected chi connectivity index (χ0v) is 13.3. The molecule has 0 saturated carbocycles. The van der Waals surface area contributed by atoms with Crippen LogP contribution in [0.15, 0.2) is 42.7 Å². The third-order valence-electron chi connectivity index (χ3n) is 4.42. The van der Waals surface area contributed by atoms with E-state index in [0.717, 1.165) is 44.1 Å². The maximum atomic E-state index is 5.88. The first-order chi connectivity index (χ1) is 11.3. The molecule has 1 aliphatic rings. The van der Waals surface area contributed by atoms with Gasteiger partial charge in [-0.05, 0) is 18.2 Å². The second-order valence-corrected chi connectivity index (χ2v) is 6.03. The number of imidazole rings is 1. The van der Waals surface area contributed by atoms with Crippen LogP contribution < -0.4 is 0 Å². The summed E-state index contributed by atoms with van der Waals surface area (Å²) in [6, 6.07) is 10.2. The Bertz CT molecular complexity index is 779. The zero-order chi connectivity index (χ0) is 15.6. The number of hydrogen-bond acceptors (Lipinski definition) is 4. The van der Waals surface area contributed by atoms with Crippen molar-refractivity contribution in [3.63, 3.8) is 0 Å². The fraction of sp³-hybridized carbons (Fsp3) is 0.412. The van der Waals surface area contributed by atoms with E-state index in [-0.39, 0.29) is 6.10 Å². The van der Waals surface area contributed by atoms with Gasteiger partial charge in [0, 0.05) is 32.5 Å². The Kier molecular flexibility index (Phi) is 3.85. The molecule has 2 aromatic heterocycles. The van der Waals surface area contributed by atoms with Crippen LogP contribution in [-0.4, -0.2) is 50.0 Å². The molecular weight excluding hydrogens is 290 g/mol. The van der Waals surface area contributed by atoms with Gasteiger partial charge in [0.05, 0.1) is 36.8 Å². The van der Waals surface area contributed by atoms with Gasteiger partial charge >= 0.3 is 0 Å². The average Bonchev–Trinajstić information content (AvgIpc) is 3.17. The third-order valence-corrected chi connectivity index (χ3v) is 4.42. The van der Waals surface area contributed by atoms with E-state index in [4.69, 9.17) is 9.72 Å². The lowest BCUT2D eigenvalue weighted by molar-refractivity contribution is -0.0410. The summed E-state index contributed by atoms with van der Waals surface area (Å²) in [5.41, 5.74) is 2.25. The minimum Gasteiger partial charge on any atom is -0.374 e. The standard InChI is InChI=1S/C17H21N5O/c1-20-16-6-3-2-5-15(16)19-17(20)13-21-9-10-23-14(11-21)12-22-8-4-7-18-22/h2-8,14H,9-13H2,1H3/t14-/m0/s1. The first-order valence-corrected chi connectivity index (χ1v) is 8.01. The molecule has 1 aliphatic heterocycles. The highest BCUT2D eigenvalue weighted by molar-refractivity contribution is 5.75. The number of aryl methyl sites for hydroxylation is 1. The van der Waals surface area contributed by atoms with Gasteiger partial charge in [0.15, 0.2) is 0 Å². The van der Waals surface area contributed by atoms with Gasteiger partial charge in [0.2, 0.25) is 0 Å². The smallest absolute Gasteiger partial charge is 0.123 e. The van der Waals surface area contributed by atoms with Crippen molar-refractivity contribution in [2.24, 2.45) is 7.05 Å². The minimum absolute atomic E-state index is 0.179. The molecule has 6 heteroatoms. The molecule has 1 aromatic carbocycles. The molecular formula is C17H21N5O. The fourth-order valence-corrected chi connectivity index (χ4v) is 3.19. The average molecular weight is 311 g/mol. The van der Waals surface area contributed by atoms with E-state index in [1.165, 1.54) is 5.52 Å². The second kappa shape index (κ2) is 6.14. The lowest BCUT2D eigenvalue weighted by atomic mass is 10.2. The largest absolute Gasteiger partial charge is 0.374 e. The van der Waals surface area contributed by atoms with Gasteiger partial charge in [-0.25, -0.2) is 4.98 Å². The monoisotopic (exact) mass is 311 g/mol. The van der Waals surface area contributed by atoms with Gasteiger partial charge in [0.1, 0.15) is 5.82 Å². The van der Waals surface area contributed by atoms with Crippen molar-refractivity contribution in [3.8, 4) is 0 Å². The number of aromatic nitrogens is 4. The van der Waals surface area contributed by atoms with Crippen LogP contribution in [0.1, 0.15) is 5.82 Å². The molecule has 0 amide bonds. The molecule has 0 bridgehead atoms. The van der Waals surface area contributed by atoms with Crippen LogP contribution in [0.4, 0.5) is 0 Å². The molecule has 0 aliphatic carbocycles. The number of benzene rings is 1. The Labute approximate surface area is 135 Å². The number of para-hydroxylation sites is 2. The molecule has 0 N–H and O–H groups in total. The summed E-state index contributed by atoms with van der Waals surface area (Å²) < 4.78 is 10.0. The van der Waals surface area contributed by atoms with Crippen molar-refractivity contribution in [2.75, 3.05) is 19.7 Å². The van der Waals surface area contributed by atoms with Crippen molar-refractivity contribution in [1.82, 2.24) is 24.2 Å². The molecule has 0 radical (unpaired) electrons. The van der Waals surface area contributed by atoms with Gasteiger partial charge in [-0.2, -0.15) is 5.10 Å². The number of nitrogens with zero attached hydrogens (tertiary/aromatic N) is 5. The quantitative estimate of drug-likeness (QED) is 0.735. The Morgan fingerprint density at radius 2 is 2.17 bits per heavy atom. The van der Waals surface area contributed by atoms with Crippen LogP contribution in [0.3, 0.4) is 0 Å².